The minimum Gasteiger partial charge on any atom is -0.390 e. The van der Waals surface area contributed by atoms with Crippen molar-refractivity contribution in [2.45, 2.75) is 52.1 Å². The summed E-state index contributed by atoms with van der Waals surface area (Å²) < 4.78 is 0. The molecular formula is C15H24O. The summed E-state index contributed by atoms with van der Waals surface area (Å²) in [7, 11) is 0. The normalized spacial score (nSPS) is 54.1. The molecule has 90 valence electrons. The second-order valence-electron chi connectivity index (χ2n) is 7.19. The average molecular weight is 220 g/mol. The van der Waals surface area contributed by atoms with Crippen LogP contribution in [0.25, 0.3) is 0 Å². The Morgan fingerprint density at radius 3 is 2.62 bits per heavy atom. The SMILES string of the molecule is C=C1CC[C@H]2[C@@H]3[C@H](C3(C)C)[C@](C)(O)CC[C@@H]12. The van der Waals surface area contributed by atoms with Gasteiger partial charge in [0.15, 0.2) is 0 Å². The predicted molar refractivity (Wildman–Crippen MR) is 66.0 cm³/mol. The fourth-order valence-electron chi connectivity index (χ4n) is 5.16. The molecule has 1 nitrogen and oxygen atoms in total. The molecule has 3 fully saturated rings. The van der Waals surface area contributed by atoms with Gasteiger partial charge in [-0.2, -0.15) is 0 Å². The van der Waals surface area contributed by atoms with Crippen LogP contribution >= 0.6 is 0 Å². The zero-order chi connectivity index (χ0) is 11.7. The molecule has 0 radical (unpaired) electrons. The van der Waals surface area contributed by atoms with Gasteiger partial charge < -0.3 is 5.11 Å². The van der Waals surface area contributed by atoms with E-state index in [0.717, 1.165) is 18.3 Å². The smallest absolute Gasteiger partial charge is 0.0656 e. The van der Waals surface area contributed by atoms with E-state index in [1.807, 2.05) is 0 Å². The number of allylic oxidation sites excluding steroid dienone is 1. The Kier molecular flexibility index (Phi) is 1.98. The molecule has 3 rings (SSSR count). The van der Waals surface area contributed by atoms with E-state index in [-0.39, 0.29) is 0 Å². The molecule has 3 saturated carbocycles. The number of fused-ring (bicyclic) bond motifs is 3. The highest BCUT2D eigenvalue weighted by Gasteiger charge is 2.69. The molecule has 3 aliphatic rings. The molecule has 0 spiro atoms. The van der Waals surface area contributed by atoms with Crippen molar-refractivity contribution < 1.29 is 5.11 Å². The summed E-state index contributed by atoms with van der Waals surface area (Å²) in [6.45, 7) is 11.0. The lowest BCUT2D eigenvalue weighted by atomic mass is 9.82. The molecule has 0 aromatic carbocycles. The first-order chi connectivity index (χ1) is 7.36. The predicted octanol–water partition coefficient (Wildman–Crippen LogP) is 3.39. The van der Waals surface area contributed by atoms with Gasteiger partial charge in [-0.25, -0.2) is 0 Å². The molecule has 1 N–H and O–H groups in total. The van der Waals surface area contributed by atoms with Crippen LogP contribution in [-0.2, 0) is 0 Å². The van der Waals surface area contributed by atoms with Crippen molar-refractivity contribution in [1.29, 1.82) is 0 Å². The number of rotatable bonds is 0. The van der Waals surface area contributed by atoms with Gasteiger partial charge in [0, 0.05) is 0 Å². The van der Waals surface area contributed by atoms with Gasteiger partial charge in [-0.15, -0.1) is 0 Å². The second kappa shape index (κ2) is 2.93. The zero-order valence-electron chi connectivity index (χ0n) is 10.8. The van der Waals surface area contributed by atoms with Gasteiger partial charge in [-0.3, -0.25) is 0 Å². The maximum atomic E-state index is 10.6. The Hall–Kier alpha value is -0.300. The molecular weight excluding hydrogens is 196 g/mol. The number of hydrogen-bond acceptors (Lipinski definition) is 1. The van der Waals surface area contributed by atoms with E-state index < -0.39 is 5.60 Å². The van der Waals surface area contributed by atoms with Gasteiger partial charge in [-0.05, 0) is 61.7 Å². The summed E-state index contributed by atoms with van der Waals surface area (Å²) in [5.74, 6) is 2.81. The molecule has 16 heavy (non-hydrogen) atoms. The highest BCUT2D eigenvalue weighted by Crippen LogP contribution is 2.71. The monoisotopic (exact) mass is 220 g/mol. The largest absolute Gasteiger partial charge is 0.390 e. The third-order valence-corrected chi connectivity index (χ3v) is 5.84. The van der Waals surface area contributed by atoms with Gasteiger partial charge in [0.2, 0.25) is 0 Å². The van der Waals surface area contributed by atoms with Crippen molar-refractivity contribution in [2.24, 2.45) is 29.1 Å². The molecule has 0 amide bonds. The minimum atomic E-state index is -0.432. The Labute approximate surface area is 98.9 Å². The zero-order valence-corrected chi connectivity index (χ0v) is 10.8. The highest BCUT2D eigenvalue weighted by atomic mass is 16.3. The van der Waals surface area contributed by atoms with Crippen molar-refractivity contribution in [3.8, 4) is 0 Å². The van der Waals surface area contributed by atoms with Crippen LogP contribution < -0.4 is 0 Å². The van der Waals surface area contributed by atoms with Gasteiger partial charge in [-0.1, -0.05) is 26.0 Å². The van der Waals surface area contributed by atoms with Crippen molar-refractivity contribution in [2.75, 3.05) is 0 Å². The van der Waals surface area contributed by atoms with Gasteiger partial charge in [0.1, 0.15) is 0 Å². The quantitative estimate of drug-likeness (QED) is 0.620. The summed E-state index contributed by atoms with van der Waals surface area (Å²) in [6.07, 6.45) is 4.69. The Morgan fingerprint density at radius 2 is 1.94 bits per heavy atom. The van der Waals surface area contributed by atoms with Gasteiger partial charge >= 0.3 is 0 Å². The van der Waals surface area contributed by atoms with E-state index in [0.29, 0.717) is 17.3 Å². The van der Waals surface area contributed by atoms with Crippen LogP contribution in [0.2, 0.25) is 0 Å². The Morgan fingerprint density at radius 1 is 1.25 bits per heavy atom. The summed E-state index contributed by atoms with van der Waals surface area (Å²) in [6, 6.07) is 0. The standard InChI is InChI=1S/C15H24O/c1-9-5-6-11-10(9)7-8-15(4,16)13-12(11)14(13,2)3/h10-13,16H,1,5-8H2,2-4H3/t10-,11+,12+,13+,15+/m0/s1. The maximum Gasteiger partial charge on any atom is 0.0656 e. The first-order valence-electron chi connectivity index (χ1n) is 6.76. The van der Waals surface area contributed by atoms with E-state index in [2.05, 4.69) is 27.4 Å². The summed E-state index contributed by atoms with van der Waals surface area (Å²) >= 11 is 0. The van der Waals surface area contributed by atoms with Crippen LogP contribution in [0.4, 0.5) is 0 Å². The van der Waals surface area contributed by atoms with Crippen LogP contribution in [0, 0.1) is 29.1 Å². The lowest BCUT2D eigenvalue weighted by molar-refractivity contribution is 0.0143. The molecule has 0 aromatic heterocycles. The maximum absolute atomic E-state index is 10.6. The lowest BCUT2D eigenvalue weighted by Gasteiger charge is -2.26. The van der Waals surface area contributed by atoms with Crippen LogP contribution in [0.15, 0.2) is 12.2 Å². The van der Waals surface area contributed by atoms with Crippen LogP contribution in [0.3, 0.4) is 0 Å². The summed E-state index contributed by atoms with van der Waals surface area (Å²) in [5, 5.41) is 10.6. The molecule has 0 aliphatic heterocycles. The molecule has 0 unspecified atom stereocenters. The molecule has 0 bridgehead atoms. The first-order valence-corrected chi connectivity index (χ1v) is 6.76. The lowest BCUT2D eigenvalue weighted by Crippen LogP contribution is -2.29. The van der Waals surface area contributed by atoms with Crippen molar-refractivity contribution >= 4 is 0 Å². The van der Waals surface area contributed by atoms with E-state index in [9.17, 15) is 5.11 Å². The molecule has 0 saturated heterocycles. The highest BCUT2D eigenvalue weighted by molar-refractivity contribution is 5.22. The van der Waals surface area contributed by atoms with Crippen LogP contribution in [-0.4, -0.2) is 10.7 Å². The fourth-order valence-corrected chi connectivity index (χ4v) is 5.16. The van der Waals surface area contributed by atoms with Crippen LogP contribution in [0.1, 0.15) is 46.5 Å². The molecule has 1 heteroatoms. The fraction of sp³-hybridized carbons (Fsp3) is 0.867. The summed E-state index contributed by atoms with van der Waals surface area (Å²) in [4.78, 5) is 0. The molecule has 3 aliphatic carbocycles. The Bertz CT molecular complexity index is 339. The first kappa shape index (κ1) is 10.8. The molecule has 0 heterocycles. The van der Waals surface area contributed by atoms with E-state index in [4.69, 9.17) is 0 Å². The minimum absolute atomic E-state index is 0.359. The van der Waals surface area contributed by atoms with E-state index in [1.54, 1.807) is 0 Å². The van der Waals surface area contributed by atoms with Gasteiger partial charge in [0.05, 0.1) is 5.60 Å². The average Bonchev–Trinajstić information content (AvgIpc) is 2.60. The van der Waals surface area contributed by atoms with E-state index in [1.165, 1.54) is 24.8 Å². The second-order valence-corrected chi connectivity index (χ2v) is 7.19. The number of aliphatic hydroxyl groups is 1. The van der Waals surface area contributed by atoms with Crippen molar-refractivity contribution in [1.82, 2.24) is 0 Å². The van der Waals surface area contributed by atoms with E-state index >= 15 is 0 Å². The topological polar surface area (TPSA) is 20.2 Å². The third kappa shape index (κ3) is 1.21. The Balaban J connectivity index is 1.95. The van der Waals surface area contributed by atoms with Crippen molar-refractivity contribution in [3.63, 3.8) is 0 Å². The van der Waals surface area contributed by atoms with Crippen molar-refractivity contribution in [3.05, 3.63) is 12.2 Å². The number of hydrogen-bond donors (Lipinski definition) is 1. The molecule has 0 aromatic rings. The van der Waals surface area contributed by atoms with Crippen LogP contribution in [0.5, 0.6) is 0 Å². The third-order valence-electron chi connectivity index (χ3n) is 5.84. The summed E-state index contributed by atoms with van der Waals surface area (Å²) in [5.41, 5.74) is 1.39. The molecule has 5 atom stereocenters. The van der Waals surface area contributed by atoms with Gasteiger partial charge in [0.25, 0.3) is 0 Å².